The summed E-state index contributed by atoms with van der Waals surface area (Å²) in [4.78, 5) is 0. The predicted molar refractivity (Wildman–Crippen MR) is 71.6 cm³/mol. The Morgan fingerprint density at radius 3 is 2.67 bits per heavy atom. The number of ether oxygens (including phenoxy) is 2. The van der Waals surface area contributed by atoms with Crippen LogP contribution < -0.4 is 5.32 Å². The lowest BCUT2D eigenvalue weighted by atomic mass is 10.2. The van der Waals surface area contributed by atoms with E-state index in [2.05, 4.69) is 25.2 Å². The summed E-state index contributed by atoms with van der Waals surface area (Å²) < 4.78 is 16.4. The van der Waals surface area contributed by atoms with Gasteiger partial charge in [0.15, 0.2) is 0 Å². The number of furan rings is 1. The largest absolute Gasteiger partial charge is 0.465 e. The van der Waals surface area contributed by atoms with Gasteiger partial charge >= 0.3 is 0 Å². The summed E-state index contributed by atoms with van der Waals surface area (Å²) in [5, 5.41) is 3.33. The van der Waals surface area contributed by atoms with Crippen molar-refractivity contribution in [2.75, 3.05) is 19.8 Å². The van der Waals surface area contributed by atoms with Gasteiger partial charge in [-0.15, -0.1) is 0 Å². The van der Waals surface area contributed by atoms with Crippen LogP contribution in [0.5, 0.6) is 0 Å². The zero-order valence-electron chi connectivity index (χ0n) is 11.9. The summed E-state index contributed by atoms with van der Waals surface area (Å²) >= 11 is 0. The molecule has 4 nitrogen and oxygen atoms in total. The molecule has 104 valence electrons. The zero-order chi connectivity index (χ0) is 13.4. The quantitative estimate of drug-likeness (QED) is 0.689. The highest BCUT2D eigenvalue weighted by Gasteiger charge is 2.07. The molecule has 0 saturated heterocycles. The molecule has 0 saturated carbocycles. The smallest absolute Gasteiger partial charge is 0.118 e. The number of rotatable bonds is 9. The number of nitrogens with one attached hydrogen (secondary N) is 1. The molecule has 0 aliphatic heterocycles. The molecule has 1 N–H and O–H groups in total. The van der Waals surface area contributed by atoms with Gasteiger partial charge in [-0.1, -0.05) is 13.8 Å². The highest BCUT2D eigenvalue weighted by Crippen LogP contribution is 2.15. The van der Waals surface area contributed by atoms with Crippen molar-refractivity contribution in [3.8, 4) is 0 Å². The third-order valence-electron chi connectivity index (χ3n) is 2.59. The van der Waals surface area contributed by atoms with E-state index in [4.69, 9.17) is 13.9 Å². The van der Waals surface area contributed by atoms with Crippen LogP contribution in [0, 0.1) is 6.92 Å². The second kappa shape index (κ2) is 8.29. The molecule has 4 heteroatoms. The summed E-state index contributed by atoms with van der Waals surface area (Å²) in [6.45, 7) is 11.5. The molecule has 1 heterocycles. The second-order valence-electron chi connectivity index (χ2n) is 4.58. The Kier molecular flexibility index (Phi) is 7.01. The van der Waals surface area contributed by atoms with Crippen molar-refractivity contribution in [2.45, 2.75) is 46.9 Å². The van der Waals surface area contributed by atoms with E-state index in [-0.39, 0.29) is 0 Å². The molecule has 18 heavy (non-hydrogen) atoms. The van der Waals surface area contributed by atoms with Gasteiger partial charge in [-0.25, -0.2) is 0 Å². The van der Waals surface area contributed by atoms with Crippen LogP contribution in [-0.4, -0.2) is 25.9 Å². The Labute approximate surface area is 110 Å². The number of hydrogen-bond donors (Lipinski definition) is 1. The van der Waals surface area contributed by atoms with Crippen molar-refractivity contribution >= 4 is 0 Å². The first kappa shape index (κ1) is 15.2. The van der Waals surface area contributed by atoms with Crippen LogP contribution in [0.15, 0.2) is 10.5 Å². The maximum Gasteiger partial charge on any atom is 0.118 e. The lowest BCUT2D eigenvalue weighted by Crippen LogP contribution is -2.21. The SMILES string of the molecule is CCOCCOCc1cc(CNC(C)C)oc1C. The normalized spacial score (nSPS) is 11.4. The van der Waals surface area contributed by atoms with Gasteiger partial charge in [0.05, 0.1) is 26.4 Å². The van der Waals surface area contributed by atoms with Crippen molar-refractivity contribution in [3.05, 3.63) is 23.2 Å². The van der Waals surface area contributed by atoms with Gasteiger partial charge in [0.1, 0.15) is 11.5 Å². The molecule has 1 aromatic heterocycles. The second-order valence-corrected chi connectivity index (χ2v) is 4.58. The van der Waals surface area contributed by atoms with E-state index in [1.54, 1.807) is 0 Å². The Morgan fingerprint density at radius 2 is 2.00 bits per heavy atom. The molecule has 0 aliphatic carbocycles. The van der Waals surface area contributed by atoms with Crippen molar-refractivity contribution in [3.63, 3.8) is 0 Å². The molecule has 0 amide bonds. The van der Waals surface area contributed by atoms with E-state index in [0.29, 0.717) is 25.9 Å². The first-order valence-electron chi connectivity index (χ1n) is 6.60. The molecule has 0 radical (unpaired) electrons. The average molecular weight is 255 g/mol. The van der Waals surface area contributed by atoms with Crippen molar-refractivity contribution < 1.29 is 13.9 Å². The van der Waals surface area contributed by atoms with Crippen LogP contribution in [0.1, 0.15) is 37.9 Å². The van der Waals surface area contributed by atoms with Gasteiger partial charge in [0, 0.05) is 18.2 Å². The van der Waals surface area contributed by atoms with Gasteiger partial charge in [-0.2, -0.15) is 0 Å². The first-order chi connectivity index (χ1) is 8.63. The highest BCUT2D eigenvalue weighted by molar-refractivity contribution is 5.19. The fourth-order valence-corrected chi connectivity index (χ4v) is 1.57. The predicted octanol–water partition coefficient (Wildman–Crippen LogP) is 2.64. The number of aryl methyl sites for hydroxylation is 1. The molecule has 1 aromatic rings. The molecule has 0 unspecified atom stereocenters. The average Bonchev–Trinajstić information content (AvgIpc) is 2.67. The minimum absolute atomic E-state index is 0.460. The Morgan fingerprint density at radius 1 is 1.28 bits per heavy atom. The van der Waals surface area contributed by atoms with E-state index in [1.165, 1.54) is 0 Å². The van der Waals surface area contributed by atoms with Gasteiger partial charge in [0.2, 0.25) is 0 Å². The molecule has 0 bridgehead atoms. The topological polar surface area (TPSA) is 43.6 Å². The van der Waals surface area contributed by atoms with E-state index in [1.807, 2.05) is 13.8 Å². The maximum absolute atomic E-state index is 5.67. The summed E-state index contributed by atoms with van der Waals surface area (Å²) in [5.74, 6) is 1.90. The third-order valence-corrected chi connectivity index (χ3v) is 2.59. The lowest BCUT2D eigenvalue weighted by Gasteiger charge is -2.04. The standard InChI is InChI=1S/C14H25NO3/c1-5-16-6-7-17-10-13-8-14(18-12(13)4)9-15-11(2)3/h8,11,15H,5-7,9-10H2,1-4H3. The molecule has 0 atom stereocenters. The molecule has 0 fully saturated rings. The summed E-state index contributed by atoms with van der Waals surface area (Å²) in [5.41, 5.74) is 1.12. The van der Waals surface area contributed by atoms with Crippen LogP contribution in [0.25, 0.3) is 0 Å². The van der Waals surface area contributed by atoms with Crippen LogP contribution in [-0.2, 0) is 22.6 Å². The fraction of sp³-hybridized carbons (Fsp3) is 0.714. The first-order valence-corrected chi connectivity index (χ1v) is 6.60. The molecule has 1 rings (SSSR count). The Balaban J connectivity index is 2.32. The third kappa shape index (κ3) is 5.67. The van der Waals surface area contributed by atoms with Gasteiger partial charge in [-0.3, -0.25) is 0 Å². The fourth-order valence-electron chi connectivity index (χ4n) is 1.57. The van der Waals surface area contributed by atoms with Gasteiger partial charge in [-0.05, 0) is 19.9 Å². The Bertz CT molecular complexity index is 334. The number of hydrogen-bond acceptors (Lipinski definition) is 4. The van der Waals surface area contributed by atoms with Crippen LogP contribution in [0.4, 0.5) is 0 Å². The Hall–Kier alpha value is -0.840. The summed E-state index contributed by atoms with van der Waals surface area (Å²) in [7, 11) is 0. The zero-order valence-corrected chi connectivity index (χ0v) is 11.9. The van der Waals surface area contributed by atoms with E-state index in [9.17, 15) is 0 Å². The molecule has 0 aliphatic rings. The minimum Gasteiger partial charge on any atom is -0.465 e. The van der Waals surface area contributed by atoms with Crippen LogP contribution in [0.3, 0.4) is 0 Å². The van der Waals surface area contributed by atoms with Crippen molar-refractivity contribution in [1.29, 1.82) is 0 Å². The molecule has 0 aromatic carbocycles. The van der Waals surface area contributed by atoms with E-state index < -0.39 is 0 Å². The van der Waals surface area contributed by atoms with Crippen molar-refractivity contribution in [1.82, 2.24) is 5.32 Å². The monoisotopic (exact) mass is 255 g/mol. The van der Waals surface area contributed by atoms with Gasteiger partial charge in [0.25, 0.3) is 0 Å². The van der Waals surface area contributed by atoms with E-state index >= 15 is 0 Å². The van der Waals surface area contributed by atoms with Crippen molar-refractivity contribution in [2.24, 2.45) is 0 Å². The molecule has 0 spiro atoms. The van der Waals surface area contributed by atoms with Crippen LogP contribution in [0.2, 0.25) is 0 Å². The summed E-state index contributed by atoms with van der Waals surface area (Å²) in [6, 6.07) is 2.52. The molecular weight excluding hydrogens is 230 g/mol. The minimum atomic E-state index is 0.460. The summed E-state index contributed by atoms with van der Waals surface area (Å²) in [6.07, 6.45) is 0. The van der Waals surface area contributed by atoms with Crippen LogP contribution >= 0.6 is 0 Å². The molecular formula is C14H25NO3. The van der Waals surface area contributed by atoms with E-state index in [0.717, 1.165) is 30.2 Å². The van der Waals surface area contributed by atoms with Gasteiger partial charge < -0.3 is 19.2 Å². The lowest BCUT2D eigenvalue weighted by molar-refractivity contribution is 0.0449. The highest BCUT2D eigenvalue weighted by atomic mass is 16.5. The maximum atomic E-state index is 5.67.